The Hall–Kier alpha value is -2.70. The number of amidine groups is 1. The van der Waals surface area contributed by atoms with Gasteiger partial charge in [0.25, 0.3) is 5.91 Å². The van der Waals surface area contributed by atoms with E-state index in [-0.39, 0.29) is 24.2 Å². The first-order valence-electron chi connectivity index (χ1n) is 9.39. The van der Waals surface area contributed by atoms with Gasteiger partial charge in [0.05, 0.1) is 24.3 Å². The van der Waals surface area contributed by atoms with Crippen LogP contribution in [0.2, 0.25) is 0 Å². The zero-order valence-electron chi connectivity index (χ0n) is 15.6. The van der Waals surface area contributed by atoms with Crippen molar-refractivity contribution in [2.24, 2.45) is 4.99 Å². The van der Waals surface area contributed by atoms with Gasteiger partial charge in [-0.15, -0.1) is 0 Å². The largest absolute Gasteiger partial charge is 1.00 e. The second kappa shape index (κ2) is 8.54. The highest BCUT2D eigenvalue weighted by molar-refractivity contribution is 6.24. The maximum absolute atomic E-state index is 12.6. The smallest absolute Gasteiger partial charge is 0.260 e. The maximum Gasteiger partial charge on any atom is 0.260 e. The van der Waals surface area contributed by atoms with Gasteiger partial charge >= 0.3 is 0 Å². The van der Waals surface area contributed by atoms with E-state index in [1.807, 2.05) is 42.5 Å². The van der Waals surface area contributed by atoms with Crippen LogP contribution in [0.25, 0.3) is 0 Å². The molecule has 0 unspecified atom stereocenters. The molecule has 7 heteroatoms. The number of nitrogens with zero attached hydrogens (tertiary/aromatic N) is 2. The molecule has 4 N–H and O–H groups in total. The molecule has 28 heavy (non-hydrogen) atoms. The van der Waals surface area contributed by atoms with Crippen molar-refractivity contribution >= 4 is 29.0 Å². The number of amides is 2. The summed E-state index contributed by atoms with van der Waals surface area (Å²) in [7, 11) is 0. The number of aliphatic imine (C=N–C) groups is 1. The second-order valence-electron chi connectivity index (χ2n) is 6.93. The van der Waals surface area contributed by atoms with E-state index in [0.717, 1.165) is 48.3 Å². The van der Waals surface area contributed by atoms with Crippen LogP contribution in [0, 0.1) is 0 Å². The number of hydrogen-bond acceptors (Lipinski definition) is 3. The van der Waals surface area contributed by atoms with Gasteiger partial charge in [-0.3, -0.25) is 14.5 Å². The van der Waals surface area contributed by atoms with Crippen LogP contribution in [-0.4, -0.2) is 29.1 Å². The minimum Gasteiger partial charge on any atom is -1.00 e. The van der Waals surface area contributed by atoms with Gasteiger partial charge in [-0.2, -0.15) is 0 Å². The monoisotopic (exact) mass is 398 g/mol. The summed E-state index contributed by atoms with van der Waals surface area (Å²) in [5.41, 5.74) is 7.92. The molecule has 0 aromatic heterocycles. The highest BCUT2D eigenvalue weighted by Gasteiger charge is 2.36. The number of unbranched alkanes of at least 4 members (excludes halogenated alkanes) is 2. The lowest BCUT2D eigenvalue weighted by Gasteiger charge is -2.23. The molecule has 2 aromatic rings. The number of nitrogens with one attached hydrogen (secondary N) is 1. The van der Waals surface area contributed by atoms with Gasteiger partial charge in [0, 0.05) is 17.7 Å². The number of anilines is 1. The molecule has 0 atom stereocenters. The Morgan fingerprint density at radius 2 is 1.89 bits per heavy atom. The van der Waals surface area contributed by atoms with Gasteiger partial charge in [0.2, 0.25) is 5.91 Å². The Morgan fingerprint density at radius 3 is 2.68 bits per heavy atom. The highest BCUT2D eigenvalue weighted by Crippen LogP contribution is 2.35. The molecule has 0 spiro atoms. The van der Waals surface area contributed by atoms with E-state index in [4.69, 9.17) is 4.99 Å². The van der Waals surface area contributed by atoms with Crippen molar-refractivity contribution in [3.63, 3.8) is 0 Å². The van der Waals surface area contributed by atoms with Crippen molar-refractivity contribution < 1.29 is 27.7 Å². The Morgan fingerprint density at radius 1 is 1.11 bits per heavy atom. The number of carbonyl (C=O) groups is 2. The van der Waals surface area contributed by atoms with Crippen LogP contribution in [-0.2, 0) is 11.3 Å². The number of rotatable bonds is 6. The topological polar surface area (TPSA) is 89.4 Å². The van der Waals surface area contributed by atoms with Gasteiger partial charge in [-0.1, -0.05) is 18.2 Å². The van der Waals surface area contributed by atoms with Gasteiger partial charge < -0.3 is 23.5 Å². The summed E-state index contributed by atoms with van der Waals surface area (Å²) < 4.78 is 0. The quantitative estimate of drug-likeness (QED) is 0.641. The lowest BCUT2D eigenvalue weighted by atomic mass is 10.1. The van der Waals surface area contributed by atoms with E-state index >= 15 is 0 Å². The molecule has 0 saturated heterocycles. The summed E-state index contributed by atoms with van der Waals surface area (Å²) in [6.45, 7) is 1.38. The normalized spacial score (nSPS) is 13.8. The summed E-state index contributed by atoms with van der Waals surface area (Å²) in [5, 5.41) is 2.95. The Bertz CT molecular complexity index is 942. The minimum absolute atomic E-state index is 0. The first kappa shape index (κ1) is 20.0. The second-order valence-corrected chi connectivity index (χ2v) is 6.93. The molecular weight excluding hydrogens is 376 g/mol. The fourth-order valence-corrected chi connectivity index (χ4v) is 3.56. The molecule has 0 radical (unpaired) electrons. The molecule has 6 nitrogen and oxygen atoms in total. The molecule has 0 saturated carbocycles. The van der Waals surface area contributed by atoms with E-state index in [1.165, 1.54) is 0 Å². The summed E-state index contributed by atoms with van der Waals surface area (Å²) in [6.07, 6.45) is 3.47. The highest BCUT2D eigenvalue weighted by atomic mass is 35.5. The van der Waals surface area contributed by atoms with Crippen molar-refractivity contribution in [2.75, 3.05) is 11.9 Å². The summed E-state index contributed by atoms with van der Waals surface area (Å²) in [5.74, 6) is 0.712. The van der Waals surface area contributed by atoms with E-state index < -0.39 is 0 Å². The van der Waals surface area contributed by atoms with Crippen molar-refractivity contribution in [2.45, 2.75) is 32.2 Å². The Labute approximate surface area is 170 Å². The molecule has 4 rings (SSSR count). The first-order chi connectivity index (χ1) is 13.2. The number of benzene rings is 2. The predicted octanol–water partition coefficient (Wildman–Crippen LogP) is -0.521. The molecule has 2 aliphatic rings. The van der Waals surface area contributed by atoms with Gasteiger partial charge in [0.15, 0.2) is 0 Å². The Balaban J connectivity index is 0.00000225. The maximum atomic E-state index is 12.6. The van der Waals surface area contributed by atoms with E-state index in [0.29, 0.717) is 24.4 Å². The average molecular weight is 399 g/mol. The lowest BCUT2D eigenvalue weighted by Crippen LogP contribution is -3.00. The van der Waals surface area contributed by atoms with Crippen LogP contribution in [0.15, 0.2) is 47.5 Å². The summed E-state index contributed by atoms with van der Waals surface area (Å²) >= 11 is 0. The first-order valence-corrected chi connectivity index (χ1v) is 9.39. The van der Waals surface area contributed by atoms with Crippen LogP contribution in [0.1, 0.15) is 47.2 Å². The summed E-state index contributed by atoms with van der Waals surface area (Å²) in [4.78, 5) is 31.2. The van der Waals surface area contributed by atoms with E-state index in [2.05, 4.69) is 11.1 Å². The molecular formula is C21H23ClN4O2. The Kier molecular flexibility index (Phi) is 6.11. The van der Waals surface area contributed by atoms with Crippen LogP contribution < -0.4 is 23.5 Å². The van der Waals surface area contributed by atoms with E-state index in [1.54, 1.807) is 4.90 Å². The lowest BCUT2D eigenvalue weighted by molar-refractivity contribution is -0.368. The molecule has 0 fully saturated rings. The molecule has 2 aromatic carbocycles. The van der Waals surface area contributed by atoms with Crippen molar-refractivity contribution in [3.05, 3.63) is 59.2 Å². The number of halogens is 1. The third-order valence-electron chi connectivity index (χ3n) is 4.97. The van der Waals surface area contributed by atoms with Gasteiger partial charge in [0.1, 0.15) is 5.84 Å². The van der Waals surface area contributed by atoms with Crippen LogP contribution in [0.5, 0.6) is 0 Å². The van der Waals surface area contributed by atoms with Crippen molar-refractivity contribution in [3.8, 4) is 0 Å². The molecule has 0 bridgehead atoms. The van der Waals surface area contributed by atoms with Gasteiger partial charge in [-0.05, 0) is 49.1 Å². The predicted molar refractivity (Wildman–Crippen MR) is 104 cm³/mol. The minimum atomic E-state index is -0.0187. The fraction of sp³-hybridized carbons (Fsp3) is 0.286. The standard InChI is InChI=1S/C21H22N4O2.ClH/c22-11-5-1-2-8-19(26)23-15-9-10-18-14(12-15)13-25-20(24-18)16-6-3-4-7-17(16)21(25)27;/h3-4,6-7,9-10,12H,1-2,5,8,11,13,22H2,(H,23,26);1H. The van der Waals surface area contributed by atoms with Crippen molar-refractivity contribution in [1.29, 1.82) is 0 Å². The fourth-order valence-electron chi connectivity index (χ4n) is 3.56. The average Bonchev–Trinajstić information content (AvgIpc) is 2.96. The zero-order chi connectivity index (χ0) is 18.8. The molecule has 0 aliphatic carbocycles. The molecule has 2 heterocycles. The number of carbonyl (C=O) groups excluding carboxylic acids is 2. The van der Waals surface area contributed by atoms with E-state index in [9.17, 15) is 9.59 Å². The third kappa shape index (κ3) is 3.79. The third-order valence-corrected chi connectivity index (χ3v) is 4.97. The molecule has 146 valence electrons. The summed E-state index contributed by atoms with van der Waals surface area (Å²) in [6, 6.07) is 13.2. The number of hydrogen-bond donors (Lipinski definition) is 2. The van der Waals surface area contributed by atoms with Crippen molar-refractivity contribution in [1.82, 2.24) is 4.90 Å². The zero-order valence-corrected chi connectivity index (χ0v) is 16.3. The molecule has 2 aliphatic heterocycles. The number of fused-ring (bicyclic) bond motifs is 4. The van der Waals surface area contributed by atoms with Crippen LogP contribution in [0.3, 0.4) is 0 Å². The van der Waals surface area contributed by atoms with Gasteiger partial charge in [-0.25, -0.2) is 4.99 Å². The number of quaternary nitrogens is 1. The SMILES string of the molecule is [Cl-].[NH3+]CCCCCC(=O)Nc1ccc2c(c1)CN1C(=O)c3ccccc3C1=N2. The molecule has 2 amide bonds. The van der Waals surface area contributed by atoms with Crippen LogP contribution in [0.4, 0.5) is 11.4 Å². The van der Waals surface area contributed by atoms with Crippen LogP contribution >= 0.6 is 0 Å².